The van der Waals surface area contributed by atoms with Crippen LogP contribution in [0.15, 0.2) is 16.8 Å². The molecule has 1 aliphatic carbocycles. The summed E-state index contributed by atoms with van der Waals surface area (Å²) in [7, 11) is 0. The van der Waals surface area contributed by atoms with Gasteiger partial charge in [0.05, 0.1) is 0 Å². The fourth-order valence-corrected chi connectivity index (χ4v) is 1.50. The highest BCUT2D eigenvalue weighted by atomic mass is 19.2. The number of allylic oxidation sites excluding steroid dienone is 1. The maximum absolute atomic E-state index is 13.3. The Hall–Kier alpha value is -0.940. The standard InChI is InChI=1S/C7H4F5N/c8-3-4(9)13-5(10)7(12)2-1-6(3,7)11/h1-2H2. The lowest BCUT2D eigenvalue weighted by Gasteiger charge is -2.46. The smallest absolute Gasteiger partial charge is 0.232 e. The highest BCUT2D eigenvalue weighted by Gasteiger charge is 2.71. The van der Waals surface area contributed by atoms with Crippen molar-refractivity contribution in [3.8, 4) is 0 Å². The van der Waals surface area contributed by atoms with Crippen LogP contribution in [-0.4, -0.2) is 17.3 Å². The number of alkyl halides is 2. The molecule has 0 bridgehead atoms. The lowest BCUT2D eigenvalue weighted by Crippen LogP contribution is -2.62. The number of hydrogen-bond donors (Lipinski definition) is 0. The van der Waals surface area contributed by atoms with Crippen LogP contribution < -0.4 is 0 Å². The average molecular weight is 197 g/mol. The normalized spacial score (nSPS) is 43.9. The van der Waals surface area contributed by atoms with Crippen molar-refractivity contribution in [2.24, 2.45) is 4.99 Å². The number of rotatable bonds is 0. The molecule has 13 heavy (non-hydrogen) atoms. The van der Waals surface area contributed by atoms with Gasteiger partial charge in [-0.2, -0.15) is 13.8 Å². The van der Waals surface area contributed by atoms with E-state index in [0.29, 0.717) is 0 Å². The van der Waals surface area contributed by atoms with Gasteiger partial charge in [0.2, 0.25) is 17.3 Å². The number of nitrogens with zero attached hydrogens (tertiary/aromatic N) is 1. The molecule has 2 rings (SSSR count). The van der Waals surface area contributed by atoms with Gasteiger partial charge in [0, 0.05) is 0 Å². The third-order valence-corrected chi connectivity index (χ3v) is 2.49. The predicted octanol–water partition coefficient (Wildman–Crippen LogP) is 2.69. The number of fused-ring (bicyclic) bond motifs is 1. The second-order valence-corrected chi connectivity index (χ2v) is 3.11. The zero-order valence-electron chi connectivity index (χ0n) is 6.25. The molecule has 1 fully saturated rings. The molecule has 0 spiro atoms. The van der Waals surface area contributed by atoms with Gasteiger partial charge >= 0.3 is 0 Å². The lowest BCUT2D eigenvalue weighted by atomic mass is 9.66. The molecular formula is C7H4F5N. The SMILES string of the molecule is FC1=NC(F)=C(F)C2(F)CCC12F. The van der Waals surface area contributed by atoms with E-state index >= 15 is 0 Å². The first-order valence-corrected chi connectivity index (χ1v) is 3.60. The van der Waals surface area contributed by atoms with Crippen molar-refractivity contribution >= 4 is 5.97 Å². The Morgan fingerprint density at radius 1 is 1.00 bits per heavy atom. The summed E-state index contributed by atoms with van der Waals surface area (Å²) < 4.78 is 64.2. The van der Waals surface area contributed by atoms with Gasteiger partial charge in [-0.25, -0.2) is 13.2 Å². The summed E-state index contributed by atoms with van der Waals surface area (Å²) in [5.41, 5.74) is -6.27. The molecule has 0 N–H and O–H groups in total. The van der Waals surface area contributed by atoms with Crippen molar-refractivity contribution in [1.29, 1.82) is 0 Å². The van der Waals surface area contributed by atoms with Gasteiger partial charge in [-0.05, 0) is 12.8 Å². The minimum Gasteiger partial charge on any atom is -0.232 e. The maximum atomic E-state index is 13.3. The van der Waals surface area contributed by atoms with E-state index in [1.54, 1.807) is 0 Å². The fraction of sp³-hybridized carbons (Fsp3) is 0.571. The van der Waals surface area contributed by atoms with Crippen molar-refractivity contribution in [1.82, 2.24) is 0 Å². The summed E-state index contributed by atoms with van der Waals surface area (Å²) in [5.74, 6) is -5.67. The van der Waals surface area contributed by atoms with Crippen LogP contribution in [0.3, 0.4) is 0 Å². The highest BCUT2D eigenvalue weighted by Crippen LogP contribution is 2.57. The second kappa shape index (κ2) is 2.10. The largest absolute Gasteiger partial charge is 0.250 e. The summed E-state index contributed by atoms with van der Waals surface area (Å²) in [4.78, 5) is 2.34. The van der Waals surface area contributed by atoms with Crippen molar-refractivity contribution in [3.63, 3.8) is 0 Å². The van der Waals surface area contributed by atoms with E-state index < -0.39 is 41.9 Å². The van der Waals surface area contributed by atoms with Gasteiger partial charge in [0.1, 0.15) is 0 Å². The molecule has 1 saturated carbocycles. The van der Waals surface area contributed by atoms with Crippen LogP contribution in [0, 0.1) is 0 Å². The zero-order chi connectivity index (χ0) is 9.85. The van der Waals surface area contributed by atoms with Gasteiger partial charge < -0.3 is 0 Å². The monoisotopic (exact) mass is 197 g/mol. The molecule has 1 aliphatic heterocycles. The highest BCUT2D eigenvalue weighted by molar-refractivity contribution is 5.90. The van der Waals surface area contributed by atoms with Gasteiger partial charge in [-0.1, -0.05) is 0 Å². The van der Waals surface area contributed by atoms with E-state index in [2.05, 4.69) is 4.99 Å². The Balaban J connectivity index is 2.56. The quantitative estimate of drug-likeness (QED) is 0.418. The second-order valence-electron chi connectivity index (χ2n) is 3.11. The molecule has 1 heterocycles. The van der Waals surface area contributed by atoms with E-state index in [1.807, 2.05) is 0 Å². The molecule has 0 aromatic carbocycles. The molecule has 2 aliphatic rings. The topological polar surface area (TPSA) is 12.4 Å². The molecule has 1 nitrogen and oxygen atoms in total. The van der Waals surface area contributed by atoms with E-state index in [4.69, 9.17) is 0 Å². The van der Waals surface area contributed by atoms with Crippen molar-refractivity contribution < 1.29 is 22.0 Å². The van der Waals surface area contributed by atoms with Crippen LogP contribution in [0.1, 0.15) is 12.8 Å². The minimum atomic E-state index is -3.18. The third-order valence-electron chi connectivity index (χ3n) is 2.49. The van der Waals surface area contributed by atoms with Crippen LogP contribution in [0.25, 0.3) is 0 Å². The van der Waals surface area contributed by atoms with E-state index in [0.717, 1.165) is 0 Å². The first-order valence-electron chi connectivity index (χ1n) is 3.60. The molecule has 2 unspecified atom stereocenters. The van der Waals surface area contributed by atoms with E-state index in [1.165, 1.54) is 0 Å². The zero-order valence-corrected chi connectivity index (χ0v) is 6.25. The Morgan fingerprint density at radius 3 is 2.00 bits per heavy atom. The average Bonchev–Trinajstić information content (AvgIpc) is 2.10. The first-order chi connectivity index (χ1) is 5.92. The number of hydrogen-bond acceptors (Lipinski definition) is 1. The minimum absolute atomic E-state index is 0.514. The van der Waals surface area contributed by atoms with Gasteiger partial charge in [0.15, 0.2) is 5.83 Å². The third kappa shape index (κ3) is 0.739. The van der Waals surface area contributed by atoms with Gasteiger partial charge in [-0.3, -0.25) is 0 Å². The molecule has 6 heteroatoms. The summed E-state index contributed by atoms with van der Waals surface area (Å²) in [6.07, 6.45) is -1.08. The van der Waals surface area contributed by atoms with E-state index in [-0.39, 0.29) is 0 Å². The molecule has 0 radical (unpaired) electrons. The summed E-state index contributed by atoms with van der Waals surface area (Å²) in [6.45, 7) is 0. The lowest BCUT2D eigenvalue weighted by molar-refractivity contribution is -0.0765. The van der Waals surface area contributed by atoms with Crippen LogP contribution >= 0.6 is 0 Å². The first kappa shape index (κ1) is 8.65. The fourth-order valence-electron chi connectivity index (χ4n) is 1.50. The molecule has 72 valence electrons. The van der Waals surface area contributed by atoms with Crippen molar-refractivity contribution in [3.05, 3.63) is 11.8 Å². The summed E-state index contributed by atoms with van der Waals surface area (Å²) in [6, 6.07) is 0. The Bertz CT molecular complexity index is 336. The van der Waals surface area contributed by atoms with E-state index in [9.17, 15) is 22.0 Å². The maximum Gasteiger partial charge on any atom is 0.250 e. The molecule has 0 saturated heterocycles. The van der Waals surface area contributed by atoms with Gasteiger partial charge in [0.25, 0.3) is 5.95 Å². The number of aliphatic imine (C=N–C) groups is 1. The Labute approximate surface area is 70.0 Å². The number of halogens is 5. The Morgan fingerprint density at radius 2 is 1.54 bits per heavy atom. The predicted molar refractivity (Wildman–Crippen MR) is 34.7 cm³/mol. The molecular weight excluding hydrogens is 193 g/mol. The summed E-state index contributed by atoms with van der Waals surface area (Å²) in [5, 5.41) is 0. The molecule has 2 atom stereocenters. The summed E-state index contributed by atoms with van der Waals surface area (Å²) >= 11 is 0. The Kier molecular flexibility index (Phi) is 1.40. The van der Waals surface area contributed by atoms with Crippen LogP contribution in [0.5, 0.6) is 0 Å². The van der Waals surface area contributed by atoms with Crippen LogP contribution in [0.2, 0.25) is 0 Å². The van der Waals surface area contributed by atoms with Crippen LogP contribution in [0.4, 0.5) is 22.0 Å². The van der Waals surface area contributed by atoms with Crippen molar-refractivity contribution in [2.45, 2.75) is 24.2 Å². The van der Waals surface area contributed by atoms with Gasteiger partial charge in [-0.15, -0.1) is 0 Å². The van der Waals surface area contributed by atoms with Crippen molar-refractivity contribution in [2.75, 3.05) is 0 Å². The van der Waals surface area contributed by atoms with Crippen LogP contribution in [-0.2, 0) is 0 Å². The molecule has 0 amide bonds. The molecule has 0 aromatic rings. The molecule has 0 aromatic heterocycles.